The number of aromatic nitrogens is 3. The van der Waals surface area contributed by atoms with E-state index in [0.717, 1.165) is 5.52 Å². The van der Waals surface area contributed by atoms with E-state index in [9.17, 15) is 0 Å². The zero-order chi connectivity index (χ0) is 15.5. The molecule has 0 spiro atoms. The van der Waals surface area contributed by atoms with E-state index >= 15 is 0 Å². The van der Waals surface area contributed by atoms with Crippen molar-refractivity contribution in [3.8, 4) is 0 Å². The Balaban J connectivity index is 2.08. The van der Waals surface area contributed by atoms with Crippen LogP contribution in [0, 0.1) is 0 Å². The van der Waals surface area contributed by atoms with Crippen molar-refractivity contribution >= 4 is 45.9 Å². The van der Waals surface area contributed by atoms with E-state index in [4.69, 9.17) is 28.0 Å². The van der Waals surface area contributed by atoms with Crippen LogP contribution < -0.4 is 5.06 Å². The van der Waals surface area contributed by atoms with Crippen LogP contribution in [-0.4, -0.2) is 21.6 Å². The number of hydrogen-bond donors (Lipinski definition) is 0. The molecule has 7 heteroatoms. The van der Waals surface area contributed by atoms with Crippen LogP contribution in [0.2, 0.25) is 10.0 Å². The van der Waals surface area contributed by atoms with Gasteiger partial charge in [-0.15, -0.1) is 0 Å². The molecule has 112 valence electrons. The van der Waals surface area contributed by atoms with Gasteiger partial charge in [0.2, 0.25) is 0 Å². The van der Waals surface area contributed by atoms with Crippen molar-refractivity contribution in [3.05, 3.63) is 52.8 Å². The predicted molar refractivity (Wildman–Crippen MR) is 87.6 cm³/mol. The Bertz CT molecular complexity index is 812. The highest BCUT2D eigenvalue weighted by Crippen LogP contribution is 2.32. The minimum Gasteiger partial charge on any atom is -0.266 e. The first-order chi connectivity index (χ1) is 10.7. The molecule has 0 aliphatic carbocycles. The molecular formula is C15H12Cl2N4O. The lowest BCUT2D eigenvalue weighted by molar-refractivity contribution is 0.146. The number of rotatable bonds is 4. The molecule has 0 bridgehead atoms. The SMILES string of the molecule is CCON(c1ncc2ncccc2n1)c1ccc(Cl)cc1Cl. The Morgan fingerprint density at radius 3 is 2.77 bits per heavy atom. The largest absolute Gasteiger partial charge is 0.266 e. The summed E-state index contributed by atoms with van der Waals surface area (Å²) in [6.45, 7) is 2.31. The van der Waals surface area contributed by atoms with Crippen LogP contribution in [0.5, 0.6) is 0 Å². The lowest BCUT2D eigenvalue weighted by Crippen LogP contribution is -2.20. The van der Waals surface area contributed by atoms with Gasteiger partial charge in [-0.2, -0.15) is 5.06 Å². The van der Waals surface area contributed by atoms with Gasteiger partial charge in [0.15, 0.2) is 0 Å². The fourth-order valence-corrected chi connectivity index (χ4v) is 2.45. The lowest BCUT2D eigenvalue weighted by atomic mass is 10.3. The molecule has 22 heavy (non-hydrogen) atoms. The van der Waals surface area contributed by atoms with Gasteiger partial charge in [-0.3, -0.25) is 9.82 Å². The second-order valence-electron chi connectivity index (χ2n) is 4.39. The van der Waals surface area contributed by atoms with E-state index < -0.39 is 0 Å². The smallest absolute Gasteiger partial charge is 0.255 e. The second kappa shape index (κ2) is 6.44. The summed E-state index contributed by atoms with van der Waals surface area (Å²) in [5.74, 6) is 0.381. The Labute approximate surface area is 137 Å². The predicted octanol–water partition coefficient (Wildman–Crippen LogP) is 4.42. The third-order valence-electron chi connectivity index (χ3n) is 2.91. The quantitative estimate of drug-likeness (QED) is 0.661. The molecule has 0 unspecified atom stereocenters. The summed E-state index contributed by atoms with van der Waals surface area (Å²) in [5, 5.41) is 2.50. The molecule has 0 saturated carbocycles. The Morgan fingerprint density at radius 1 is 1.14 bits per heavy atom. The van der Waals surface area contributed by atoms with Crippen LogP contribution in [0.15, 0.2) is 42.7 Å². The molecule has 5 nitrogen and oxygen atoms in total. The third-order valence-corrected chi connectivity index (χ3v) is 3.45. The van der Waals surface area contributed by atoms with Gasteiger partial charge in [-0.05, 0) is 37.3 Å². The number of benzene rings is 1. The van der Waals surface area contributed by atoms with Crippen molar-refractivity contribution in [1.29, 1.82) is 0 Å². The summed E-state index contributed by atoms with van der Waals surface area (Å²) < 4.78 is 0. The van der Waals surface area contributed by atoms with Crippen molar-refractivity contribution < 1.29 is 4.84 Å². The highest BCUT2D eigenvalue weighted by molar-refractivity contribution is 6.36. The van der Waals surface area contributed by atoms with Crippen LogP contribution in [-0.2, 0) is 4.84 Å². The first kappa shape index (κ1) is 15.0. The zero-order valence-electron chi connectivity index (χ0n) is 11.7. The van der Waals surface area contributed by atoms with Gasteiger partial charge in [0.05, 0.1) is 29.0 Å². The van der Waals surface area contributed by atoms with Crippen LogP contribution in [0.3, 0.4) is 0 Å². The summed E-state index contributed by atoms with van der Waals surface area (Å²) in [5.41, 5.74) is 2.06. The number of pyridine rings is 1. The van der Waals surface area contributed by atoms with E-state index in [1.54, 1.807) is 30.6 Å². The van der Waals surface area contributed by atoms with Crippen molar-refractivity contribution in [2.45, 2.75) is 6.92 Å². The molecule has 0 saturated heterocycles. The molecule has 0 amide bonds. The van der Waals surface area contributed by atoms with Crippen LogP contribution in [0.4, 0.5) is 11.6 Å². The first-order valence-corrected chi connectivity index (χ1v) is 7.40. The van der Waals surface area contributed by atoms with E-state index in [1.807, 2.05) is 19.1 Å². The van der Waals surface area contributed by atoms with Gasteiger partial charge in [-0.25, -0.2) is 9.97 Å². The van der Waals surface area contributed by atoms with Crippen molar-refractivity contribution in [2.24, 2.45) is 0 Å². The van der Waals surface area contributed by atoms with Gasteiger partial charge >= 0.3 is 0 Å². The normalized spacial score (nSPS) is 10.9. The zero-order valence-corrected chi connectivity index (χ0v) is 13.2. The molecule has 0 aliphatic rings. The number of nitrogens with zero attached hydrogens (tertiary/aromatic N) is 4. The fraction of sp³-hybridized carbons (Fsp3) is 0.133. The minimum atomic E-state index is 0.381. The summed E-state index contributed by atoms with van der Waals surface area (Å²) >= 11 is 12.2. The summed E-state index contributed by atoms with van der Waals surface area (Å²) in [4.78, 5) is 18.6. The fourth-order valence-electron chi connectivity index (χ4n) is 1.97. The highest BCUT2D eigenvalue weighted by atomic mass is 35.5. The number of fused-ring (bicyclic) bond motifs is 1. The van der Waals surface area contributed by atoms with Gasteiger partial charge in [0, 0.05) is 11.2 Å². The monoisotopic (exact) mass is 334 g/mol. The maximum atomic E-state index is 6.25. The number of halogens is 2. The summed E-state index contributed by atoms with van der Waals surface area (Å²) in [6.07, 6.45) is 3.34. The molecular weight excluding hydrogens is 323 g/mol. The highest BCUT2D eigenvalue weighted by Gasteiger charge is 2.17. The molecule has 2 heterocycles. The van der Waals surface area contributed by atoms with Crippen molar-refractivity contribution in [1.82, 2.24) is 15.0 Å². The van der Waals surface area contributed by atoms with Gasteiger partial charge in [-0.1, -0.05) is 23.2 Å². The molecule has 3 aromatic rings. The van der Waals surface area contributed by atoms with Crippen LogP contribution in [0.1, 0.15) is 6.92 Å². The van der Waals surface area contributed by atoms with Crippen LogP contribution >= 0.6 is 23.2 Å². The molecule has 0 radical (unpaired) electrons. The van der Waals surface area contributed by atoms with E-state index in [-0.39, 0.29) is 0 Å². The summed E-state index contributed by atoms with van der Waals surface area (Å²) in [6, 6.07) is 8.82. The number of anilines is 2. The Morgan fingerprint density at radius 2 is 2.00 bits per heavy atom. The topological polar surface area (TPSA) is 51.1 Å². The first-order valence-electron chi connectivity index (χ1n) is 6.65. The molecule has 0 fully saturated rings. The van der Waals surface area contributed by atoms with Crippen LogP contribution in [0.25, 0.3) is 11.0 Å². The average Bonchev–Trinajstić information content (AvgIpc) is 2.53. The van der Waals surface area contributed by atoms with Crippen molar-refractivity contribution in [3.63, 3.8) is 0 Å². The summed E-state index contributed by atoms with van der Waals surface area (Å²) in [7, 11) is 0. The maximum Gasteiger partial charge on any atom is 0.255 e. The van der Waals surface area contributed by atoms with Gasteiger partial charge < -0.3 is 0 Å². The molecule has 0 atom stereocenters. The minimum absolute atomic E-state index is 0.381. The lowest BCUT2D eigenvalue weighted by Gasteiger charge is -2.22. The van der Waals surface area contributed by atoms with E-state index in [0.29, 0.717) is 33.8 Å². The van der Waals surface area contributed by atoms with E-state index in [2.05, 4.69) is 15.0 Å². The molecule has 0 N–H and O–H groups in total. The maximum absolute atomic E-state index is 6.25. The standard InChI is InChI=1S/C15H12Cl2N4O/c1-2-22-21(14-6-5-10(16)8-11(14)17)15-19-9-13-12(20-15)4-3-7-18-13/h3-9H,2H2,1H3. The second-order valence-corrected chi connectivity index (χ2v) is 5.23. The Hall–Kier alpha value is -1.95. The van der Waals surface area contributed by atoms with E-state index in [1.165, 1.54) is 5.06 Å². The Kier molecular flexibility index (Phi) is 4.38. The molecule has 0 aliphatic heterocycles. The van der Waals surface area contributed by atoms with Crippen molar-refractivity contribution in [2.75, 3.05) is 11.7 Å². The third kappa shape index (κ3) is 2.97. The van der Waals surface area contributed by atoms with Gasteiger partial charge in [0.1, 0.15) is 5.52 Å². The average molecular weight is 335 g/mol. The molecule has 1 aromatic carbocycles. The van der Waals surface area contributed by atoms with Gasteiger partial charge in [0.25, 0.3) is 5.95 Å². The molecule has 2 aromatic heterocycles. The number of hydrogen-bond acceptors (Lipinski definition) is 5. The molecule has 3 rings (SSSR count).